The van der Waals surface area contributed by atoms with E-state index in [-0.39, 0.29) is 11.4 Å². The summed E-state index contributed by atoms with van der Waals surface area (Å²) in [6, 6.07) is 0. The van der Waals surface area contributed by atoms with Gasteiger partial charge >= 0.3 is 5.97 Å². The van der Waals surface area contributed by atoms with Crippen molar-refractivity contribution in [1.29, 1.82) is 0 Å². The van der Waals surface area contributed by atoms with Crippen LogP contribution in [0.2, 0.25) is 0 Å². The molecule has 216 valence electrons. The largest absolute Gasteiger partial charge is 0.461 e. The third kappa shape index (κ3) is 16.9. The van der Waals surface area contributed by atoms with Gasteiger partial charge in [-0.2, -0.15) is 0 Å². The van der Waals surface area contributed by atoms with Crippen molar-refractivity contribution < 1.29 is 9.53 Å². The second-order valence-corrected chi connectivity index (χ2v) is 12.2. The van der Waals surface area contributed by atoms with E-state index in [9.17, 15) is 4.79 Å². The predicted molar refractivity (Wildman–Crippen MR) is 167 cm³/mol. The van der Waals surface area contributed by atoms with Crippen molar-refractivity contribution in [3.05, 3.63) is 58.7 Å². The molecule has 0 heterocycles. The monoisotopic (exact) mass is 524 g/mol. The van der Waals surface area contributed by atoms with Crippen molar-refractivity contribution in [1.82, 2.24) is 0 Å². The highest BCUT2D eigenvalue weighted by Gasteiger charge is 2.26. The third-order valence-corrected chi connectivity index (χ3v) is 7.91. The summed E-state index contributed by atoms with van der Waals surface area (Å²) in [7, 11) is 0. The first kappa shape index (κ1) is 34.2. The molecule has 0 amide bonds. The Labute approximate surface area is 236 Å². The summed E-state index contributed by atoms with van der Waals surface area (Å²) >= 11 is 0. The van der Waals surface area contributed by atoms with Crippen LogP contribution < -0.4 is 0 Å². The number of esters is 1. The van der Waals surface area contributed by atoms with E-state index in [1.807, 2.05) is 6.08 Å². The molecule has 0 radical (unpaired) electrons. The zero-order chi connectivity index (χ0) is 28.1. The van der Waals surface area contributed by atoms with Gasteiger partial charge < -0.3 is 4.74 Å². The van der Waals surface area contributed by atoms with Crippen LogP contribution in [0.15, 0.2) is 58.7 Å². The lowest BCUT2D eigenvalue weighted by Crippen LogP contribution is -2.19. The Kier molecular flexibility index (Phi) is 18.9. The van der Waals surface area contributed by atoms with Crippen LogP contribution in [0.5, 0.6) is 0 Å². The normalized spacial score (nSPS) is 16.7. The fourth-order valence-corrected chi connectivity index (χ4v) is 5.33. The van der Waals surface area contributed by atoms with Gasteiger partial charge in [0.2, 0.25) is 0 Å². The van der Waals surface area contributed by atoms with Gasteiger partial charge in [-0.25, -0.2) is 0 Å². The molecule has 0 N–H and O–H groups in total. The molecule has 1 aliphatic carbocycles. The van der Waals surface area contributed by atoms with Gasteiger partial charge in [-0.05, 0) is 63.5 Å². The van der Waals surface area contributed by atoms with Crippen molar-refractivity contribution in [3.8, 4) is 0 Å². The summed E-state index contributed by atoms with van der Waals surface area (Å²) < 4.78 is 5.40. The van der Waals surface area contributed by atoms with E-state index < -0.39 is 0 Å². The predicted octanol–water partition coefficient (Wildman–Crippen LogP) is 11.5. The Bertz CT molecular complexity index is 803. The molecule has 0 aliphatic heterocycles. The number of hydrogen-bond acceptors (Lipinski definition) is 2. The molecule has 0 unspecified atom stereocenters. The maximum Gasteiger partial charge on any atom is 0.306 e. The summed E-state index contributed by atoms with van der Waals surface area (Å²) in [5.41, 5.74) is 5.65. The highest BCUT2D eigenvalue weighted by Crippen LogP contribution is 2.40. The van der Waals surface area contributed by atoms with Crippen LogP contribution in [0.25, 0.3) is 0 Å². The van der Waals surface area contributed by atoms with E-state index in [1.165, 1.54) is 107 Å². The highest BCUT2D eigenvalue weighted by atomic mass is 16.5. The number of rotatable bonds is 20. The average molecular weight is 525 g/mol. The van der Waals surface area contributed by atoms with Crippen LogP contribution in [0, 0.1) is 5.41 Å². The van der Waals surface area contributed by atoms with Crippen LogP contribution in [-0.2, 0) is 9.53 Å². The van der Waals surface area contributed by atoms with Gasteiger partial charge in [0, 0.05) is 6.42 Å². The number of unbranched alkanes of at least 4 members (excludes halogenated alkanes) is 12. The number of ether oxygens (including phenoxy) is 1. The van der Waals surface area contributed by atoms with Gasteiger partial charge in [0.1, 0.15) is 6.61 Å². The van der Waals surface area contributed by atoms with Crippen LogP contribution in [-0.4, -0.2) is 12.6 Å². The van der Waals surface area contributed by atoms with Crippen LogP contribution in [0.4, 0.5) is 0 Å². The van der Waals surface area contributed by atoms with Gasteiger partial charge in [-0.1, -0.05) is 145 Å². The highest BCUT2D eigenvalue weighted by molar-refractivity contribution is 5.69. The molecule has 1 aliphatic rings. The first-order valence-electron chi connectivity index (χ1n) is 15.8. The van der Waals surface area contributed by atoms with Crippen LogP contribution >= 0.6 is 0 Å². The molecule has 2 heteroatoms. The van der Waals surface area contributed by atoms with Crippen molar-refractivity contribution in [2.24, 2.45) is 5.41 Å². The van der Waals surface area contributed by atoms with Gasteiger partial charge in [-0.15, -0.1) is 0 Å². The van der Waals surface area contributed by atoms with E-state index in [4.69, 9.17) is 4.74 Å². The molecule has 0 fully saturated rings. The van der Waals surface area contributed by atoms with Crippen molar-refractivity contribution >= 4 is 5.97 Å². The zero-order valence-electron chi connectivity index (χ0n) is 26.0. The average Bonchev–Trinajstić information content (AvgIpc) is 2.86. The van der Waals surface area contributed by atoms with Crippen molar-refractivity contribution in [2.75, 3.05) is 6.61 Å². The van der Waals surface area contributed by atoms with Gasteiger partial charge in [0.15, 0.2) is 0 Å². The van der Waals surface area contributed by atoms with Gasteiger partial charge in [0.05, 0.1) is 0 Å². The van der Waals surface area contributed by atoms with Crippen molar-refractivity contribution in [2.45, 2.75) is 151 Å². The summed E-state index contributed by atoms with van der Waals surface area (Å²) in [6.07, 6.45) is 34.3. The molecular formula is C36H60O2. The van der Waals surface area contributed by atoms with E-state index in [0.717, 1.165) is 18.4 Å². The van der Waals surface area contributed by atoms with E-state index in [1.54, 1.807) is 0 Å². The second kappa shape index (κ2) is 21.0. The van der Waals surface area contributed by atoms with Gasteiger partial charge in [0.25, 0.3) is 0 Å². The molecule has 0 atom stereocenters. The molecule has 38 heavy (non-hydrogen) atoms. The molecule has 0 saturated carbocycles. The first-order chi connectivity index (χ1) is 18.3. The molecule has 2 nitrogen and oxygen atoms in total. The summed E-state index contributed by atoms with van der Waals surface area (Å²) in [5, 5.41) is 0. The van der Waals surface area contributed by atoms with E-state index >= 15 is 0 Å². The topological polar surface area (TPSA) is 26.3 Å². The Morgan fingerprint density at radius 3 is 2.00 bits per heavy atom. The summed E-state index contributed by atoms with van der Waals surface area (Å²) in [5.74, 6) is -0.0720. The molecule has 0 aromatic carbocycles. The molecule has 0 aromatic rings. The lowest BCUT2D eigenvalue weighted by molar-refractivity contribution is -0.142. The molecule has 0 bridgehead atoms. The lowest BCUT2D eigenvalue weighted by Gasteiger charge is -2.32. The minimum absolute atomic E-state index is 0.0720. The number of carbonyl (C=O) groups is 1. The van der Waals surface area contributed by atoms with E-state index in [2.05, 4.69) is 71.9 Å². The van der Waals surface area contributed by atoms with Crippen LogP contribution in [0.3, 0.4) is 0 Å². The molecule has 0 saturated heterocycles. The minimum Gasteiger partial charge on any atom is -0.461 e. The molecule has 0 spiro atoms. The summed E-state index contributed by atoms with van der Waals surface area (Å²) in [4.78, 5) is 12.0. The molecule has 0 aromatic heterocycles. The Balaban J connectivity index is 2.13. The zero-order valence-corrected chi connectivity index (χ0v) is 26.0. The van der Waals surface area contributed by atoms with Crippen molar-refractivity contribution in [3.63, 3.8) is 0 Å². The Morgan fingerprint density at radius 1 is 0.842 bits per heavy atom. The van der Waals surface area contributed by atoms with Gasteiger partial charge in [-0.3, -0.25) is 4.79 Å². The fraction of sp³-hybridized carbons (Fsp3) is 0.694. The Morgan fingerprint density at radius 2 is 1.42 bits per heavy atom. The SMILES string of the molecule is CCCCCCCCCCCCCCCC(=O)OC/C=C(C)/C=C/C=C(C)\C=C/C1=C(C)CCCC1(C)C. The van der Waals surface area contributed by atoms with E-state index in [0.29, 0.717) is 13.0 Å². The molecule has 1 rings (SSSR count). The first-order valence-corrected chi connectivity index (χ1v) is 15.8. The summed E-state index contributed by atoms with van der Waals surface area (Å²) in [6.45, 7) is 13.8. The maximum atomic E-state index is 12.0. The standard InChI is InChI=1S/C36H60O2/c1-7-8-9-10-11-12-13-14-15-16-17-18-19-25-35(37)38-30-28-32(3)23-20-22-31(2)26-27-34-33(4)24-21-29-36(34,5)6/h20,22-23,26-28H,7-19,21,24-25,29-30H2,1-6H3/b23-20+,27-26-,31-22-,32-28+. The minimum atomic E-state index is -0.0720. The fourth-order valence-electron chi connectivity index (χ4n) is 5.33. The number of allylic oxidation sites excluding steroid dienone is 9. The van der Waals surface area contributed by atoms with Crippen LogP contribution in [0.1, 0.15) is 151 Å². The smallest absolute Gasteiger partial charge is 0.306 e. The number of carbonyl (C=O) groups excluding carboxylic acids is 1. The molecular weight excluding hydrogens is 464 g/mol. The third-order valence-electron chi connectivity index (χ3n) is 7.91. The second-order valence-electron chi connectivity index (χ2n) is 12.2. The Hall–Kier alpha value is -1.83. The quantitative estimate of drug-likeness (QED) is 0.0899. The number of hydrogen-bond donors (Lipinski definition) is 0. The maximum absolute atomic E-state index is 12.0. The lowest BCUT2D eigenvalue weighted by atomic mass is 9.72.